The molecule has 0 bridgehead atoms. The number of methoxy groups -OCH3 is 1. The molecular formula is C15H26N2O. The fourth-order valence-electron chi connectivity index (χ4n) is 2.19. The van der Waals surface area contributed by atoms with Gasteiger partial charge in [-0.2, -0.15) is 0 Å². The van der Waals surface area contributed by atoms with Gasteiger partial charge in [-0.15, -0.1) is 0 Å². The second-order valence-electron chi connectivity index (χ2n) is 5.03. The second-order valence-corrected chi connectivity index (χ2v) is 5.03. The van der Waals surface area contributed by atoms with E-state index >= 15 is 0 Å². The van der Waals surface area contributed by atoms with Gasteiger partial charge in [-0.1, -0.05) is 12.1 Å². The summed E-state index contributed by atoms with van der Waals surface area (Å²) >= 11 is 0. The quantitative estimate of drug-likeness (QED) is 0.729. The Labute approximate surface area is 111 Å². The Morgan fingerprint density at radius 1 is 1.22 bits per heavy atom. The molecule has 1 unspecified atom stereocenters. The molecule has 3 N–H and O–H groups in total. The van der Waals surface area contributed by atoms with Crippen LogP contribution in [0.2, 0.25) is 0 Å². The molecule has 0 aromatic heterocycles. The van der Waals surface area contributed by atoms with E-state index in [-0.39, 0.29) is 6.04 Å². The van der Waals surface area contributed by atoms with E-state index in [2.05, 4.69) is 31.3 Å². The van der Waals surface area contributed by atoms with Gasteiger partial charge >= 0.3 is 0 Å². The number of nitrogens with one attached hydrogen (secondary N) is 1. The van der Waals surface area contributed by atoms with Gasteiger partial charge in [0.25, 0.3) is 0 Å². The highest BCUT2D eigenvalue weighted by Gasteiger charge is 2.04. The van der Waals surface area contributed by atoms with Crippen molar-refractivity contribution in [2.24, 2.45) is 5.73 Å². The van der Waals surface area contributed by atoms with Crippen LogP contribution in [0.3, 0.4) is 0 Å². The molecule has 0 aliphatic heterocycles. The third-order valence-electron chi connectivity index (χ3n) is 3.09. The fourth-order valence-corrected chi connectivity index (χ4v) is 2.19. The van der Waals surface area contributed by atoms with Gasteiger partial charge in [-0.25, -0.2) is 0 Å². The first-order valence-electron chi connectivity index (χ1n) is 6.65. The summed E-state index contributed by atoms with van der Waals surface area (Å²) in [5.41, 5.74) is 9.49. The maximum Gasteiger partial charge on any atom is 0.124 e. The average molecular weight is 250 g/mol. The minimum absolute atomic E-state index is 0.281. The van der Waals surface area contributed by atoms with Crippen LogP contribution in [0.15, 0.2) is 12.1 Å². The topological polar surface area (TPSA) is 47.3 Å². The summed E-state index contributed by atoms with van der Waals surface area (Å²) in [6.07, 6.45) is 2.07. The predicted octanol–water partition coefficient (Wildman–Crippen LogP) is 2.18. The highest BCUT2D eigenvalue weighted by molar-refractivity contribution is 5.43. The van der Waals surface area contributed by atoms with E-state index in [1.54, 1.807) is 7.11 Å². The van der Waals surface area contributed by atoms with Crippen molar-refractivity contribution in [3.63, 3.8) is 0 Å². The summed E-state index contributed by atoms with van der Waals surface area (Å²) in [5, 5.41) is 3.42. The van der Waals surface area contributed by atoms with E-state index in [0.717, 1.165) is 31.7 Å². The van der Waals surface area contributed by atoms with Crippen LogP contribution in [0.1, 0.15) is 30.0 Å². The first-order valence-corrected chi connectivity index (χ1v) is 6.65. The number of nitrogens with two attached hydrogens (primary N) is 1. The minimum atomic E-state index is 0.281. The number of aryl methyl sites for hydroxylation is 2. The van der Waals surface area contributed by atoms with Gasteiger partial charge in [0.1, 0.15) is 5.75 Å². The molecule has 1 aromatic carbocycles. The smallest absolute Gasteiger partial charge is 0.124 e. The van der Waals surface area contributed by atoms with E-state index in [0.29, 0.717) is 0 Å². The summed E-state index contributed by atoms with van der Waals surface area (Å²) in [6, 6.07) is 4.70. The van der Waals surface area contributed by atoms with Crippen molar-refractivity contribution in [1.29, 1.82) is 0 Å². The average Bonchev–Trinajstić information content (AvgIpc) is 2.27. The molecule has 0 saturated carbocycles. The number of rotatable bonds is 7. The number of hydrogen-bond acceptors (Lipinski definition) is 3. The number of ether oxygens (including phenoxy) is 1. The molecule has 0 radical (unpaired) electrons. The number of benzene rings is 1. The lowest BCUT2D eigenvalue weighted by Crippen LogP contribution is -2.25. The van der Waals surface area contributed by atoms with Crippen LogP contribution in [0, 0.1) is 13.8 Å². The summed E-state index contributed by atoms with van der Waals surface area (Å²) in [4.78, 5) is 0. The summed E-state index contributed by atoms with van der Waals surface area (Å²) in [6.45, 7) is 8.22. The van der Waals surface area contributed by atoms with E-state index in [1.807, 2.05) is 6.92 Å². The van der Waals surface area contributed by atoms with E-state index in [4.69, 9.17) is 10.5 Å². The molecule has 18 heavy (non-hydrogen) atoms. The molecule has 3 heteroatoms. The Morgan fingerprint density at radius 2 is 1.83 bits per heavy atom. The molecular weight excluding hydrogens is 224 g/mol. The van der Waals surface area contributed by atoms with Gasteiger partial charge in [0.05, 0.1) is 7.11 Å². The molecule has 1 atom stereocenters. The van der Waals surface area contributed by atoms with Crippen molar-refractivity contribution in [2.75, 3.05) is 20.2 Å². The van der Waals surface area contributed by atoms with Crippen molar-refractivity contribution in [2.45, 2.75) is 39.7 Å². The normalized spacial score (nSPS) is 12.5. The molecule has 102 valence electrons. The first-order chi connectivity index (χ1) is 8.54. The summed E-state index contributed by atoms with van der Waals surface area (Å²) in [5.74, 6) is 1.00. The minimum Gasteiger partial charge on any atom is -0.496 e. The Balaban J connectivity index is 2.44. The largest absolute Gasteiger partial charge is 0.496 e. The van der Waals surface area contributed by atoms with Gasteiger partial charge in [0, 0.05) is 6.04 Å². The fraction of sp³-hybridized carbons (Fsp3) is 0.600. The Bertz CT molecular complexity index is 352. The lowest BCUT2D eigenvalue weighted by molar-refractivity contribution is 0.408. The maximum atomic E-state index is 5.70. The molecule has 3 nitrogen and oxygen atoms in total. The molecule has 1 aromatic rings. The van der Waals surface area contributed by atoms with Crippen LogP contribution < -0.4 is 15.8 Å². The van der Waals surface area contributed by atoms with Crippen molar-refractivity contribution in [1.82, 2.24) is 5.32 Å². The molecule has 0 fully saturated rings. The third kappa shape index (κ3) is 4.67. The molecule has 0 spiro atoms. The van der Waals surface area contributed by atoms with Crippen molar-refractivity contribution >= 4 is 0 Å². The van der Waals surface area contributed by atoms with Crippen LogP contribution in [0.4, 0.5) is 0 Å². The SMILES string of the molecule is COc1c(C)cc(CCNCCC(C)N)cc1C. The zero-order chi connectivity index (χ0) is 13.5. The van der Waals surface area contributed by atoms with Crippen molar-refractivity contribution in [3.05, 3.63) is 28.8 Å². The molecule has 1 rings (SSSR count). The monoisotopic (exact) mass is 250 g/mol. The van der Waals surface area contributed by atoms with Crippen LogP contribution in [0.5, 0.6) is 5.75 Å². The maximum absolute atomic E-state index is 5.70. The second kappa shape index (κ2) is 7.39. The number of hydrogen-bond donors (Lipinski definition) is 2. The van der Waals surface area contributed by atoms with Gasteiger partial charge in [-0.05, 0) is 63.4 Å². The zero-order valence-electron chi connectivity index (χ0n) is 12.0. The molecule has 0 aliphatic rings. The Kier molecular flexibility index (Phi) is 6.16. The summed E-state index contributed by atoms with van der Waals surface area (Å²) < 4.78 is 5.37. The molecule has 0 saturated heterocycles. The highest BCUT2D eigenvalue weighted by Crippen LogP contribution is 2.24. The first kappa shape index (κ1) is 15.0. The van der Waals surface area contributed by atoms with Crippen LogP contribution in [-0.4, -0.2) is 26.2 Å². The standard InChI is InChI=1S/C15H26N2O/c1-11-9-14(10-12(2)15(11)18-4)6-8-17-7-5-13(3)16/h9-10,13,17H,5-8,16H2,1-4H3. The van der Waals surface area contributed by atoms with Crippen molar-refractivity contribution < 1.29 is 4.74 Å². The molecule has 0 aliphatic carbocycles. The predicted molar refractivity (Wildman–Crippen MR) is 77.3 cm³/mol. The molecule has 0 heterocycles. The lowest BCUT2D eigenvalue weighted by atomic mass is 10.0. The highest BCUT2D eigenvalue weighted by atomic mass is 16.5. The summed E-state index contributed by atoms with van der Waals surface area (Å²) in [7, 11) is 1.73. The van der Waals surface area contributed by atoms with Gasteiger partial charge in [0.2, 0.25) is 0 Å². The Hall–Kier alpha value is -1.06. The Morgan fingerprint density at radius 3 is 2.33 bits per heavy atom. The zero-order valence-corrected chi connectivity index (χ0v) is 12.0. The van der Waals surface area contributed by atoms with E-state index in [9.17, 15) is 0 Å². The molecule has 0 amide bonds. The van der Waals surface area contributed by atoms with Crippen molar-refractivity contribution in [3.8, 4) is 5.75 Å². The van der Waals surface area contributed by atoms with Crippen LogP contribution in [0.25, 0.3) is 0 Å². The van der Waals surface area contributed by atoms with Gasteiger partial charge in [0.15, 0.2) is 0 Å². The van der Waals surface area contributed by atoms with Crippen LogP contribution >= 0.6 is 0 Å². The lowest BCUT2D eigenvalue weighted by Gasteiger charge is -2.12. The van der Waals surface area contributed by atoms with Crippen LogP contribution in [-0.2, 0) is 6.42 Å². The van der Waals surface area contributed by atoms with E-state index < -0.39 is 0 Å². The van der Waals surface area contributed by atoms with Gasteiger partial charge < -0.3 is 15.8 Å². The van der Waals surface area contributed by atoms with E-state index in [1.165, 1.54) is 16.7 Å². The third-order valence-corrected chi connectivity index (χ3v) is 3.09. The van der Waals surface area contributed by atoms with Gasteiger partial charge in [-0.3, -0.25) is 0 Å².